The van der Waals surface area contributed by atoms with Crippen molar-refractivity contribution in [3.8, 4) is 0 Å². The number of amides is 3. The monoisotopic (exact) mass is 419 g/mol. The summed E-state index contributed by atoms with van der Waals surface area (Å²) in [4.78, 5) is 47.9. The Labute approximate surface area is 169 Å². The number of carboxylic acid groups (broad SMARTS) is 1. The Kier molecular flexibility index (Phi) is 12.7. The zero-order valence-electron chi connectivity index (χ0n) is 16.8. The number of rotatable bonds is 14. The molecule has 29 heavy (non-hydrogen) atoms. The molecule has 0 bridgehead atoms. The first-order chi connectivity index (χ1) is 13.6. The molecule has 168 valence electrons. The lowest BCUT2D eigenvalue weighted by Gasteiger charge is -2.26. The fourth-order valence-electron chi connectivity index (χ4n) is 2.36. The van der Waals surface area contributed by atoms with Crippen LogP contribution in [0.3, 0.4) is 0 Å². The number of hydrogen-bond acceptors (Lipinski definition) is 8. The lowest BCUT2D eigenvalue weighted by molar-refractivity contribution is -0.143. The second kappa shape index (κ2) is 13.8. The molecule has 10 N–H and O–H groups in total. The summed E-state index contributed by atoms with van der Waals surface area (Å²) in [6, 6.07) is -4.90. The van der Waals surface area contributed by atoms with E-state index in [4.69, 9.17) is 16.6 Å². The topological polar surface area (TPSA) is 217 Å². The number of carbonyl (C=O) groups is 4. The number of nitrogens with one attached hydrogen (secondary N) is 3. The van der Waals surface area contributed by atoms with Crippen molar-refractivity contribution in [3.63, 3.8) is 0 Å². The number of aliphatic carboxylic acids is 1. The maximum atomic E-state index is 12.5. The highest BCUT2D eigenvalue weighted by molar-refractivity contribution is 5.94. The molecule has 0 fully saturated rings. The molecule has 0 radical (unpaired) electrons. The van der Waals surface area contributed by atoms with Gasteiger partial charge in [-0.15, -0.1) is 0 Å². The van der Waals surface area contributed by atoms with Gasteiger partial charge in [-0.2, -0.15) is 0 Å². The minimum Gasteiger partial charge on any atom is -0.480 e. The summed E-state index contributed by atoms with van der Waals surface area (Å²) in [7, 11) is 0. The van der Waals surface area contributed by atoms with Gasteiger partial charge in [-0.05, 0) is 31.7 Å². The van der Waals surface area contributed by atoms with Crippen molar-refractivity contribution in [2.24, 2.45) is 17.4 Å². The van der Waals surface area contributed by atoms with E-state index in [-0.39, 0.29) is 6.42 Å². The molecule has 0 aromatic heterocycles. The second-order valence-electron chi connectivity index (χ2n) is 6.95. The summed E-state index contributed by atoms with van der Waals surface area (Å²) in [6.45, 7) is 2.28. The zero-order chi connectivity index (χ0) is 22.6. The molecule has 0 heterocycles. The van der Waals surface area contributed by atoms with Crippen LogP contribution in [0.2, 0.25) is 0 Å². The van der Waals surface area contributed by atoms with Crippen molar-refractivity contribution < 1.29 is 34.5 Å². The van der Waals surface area contributed by atoms with E-state index in [1.165, 1.54) is 0 Å². The molecule has 0 aromatic carbocycles. The van der Waals surface area contributed by atoms with Gasteiger partial charge in [0.1, 0.15) is 24.2 Å². The molecule has 0 saturated carbocycles. The van der Waals surface area contributed by atoms with E-state index in [0.717, 1.165) is 0 Å². The Morgan fingerprint density at radius 2 is 1.45 bits per heavy atom. The van der Waals surface area contributed by atoms with Crippen LogP contribution in [0.25, 0.3) is 0 Å². The molecule has 0 saturated heterocycles. The number of carbonyl (C=O) groups excluding carboxylic acids is 3. The molecular formula is C17H33N5O7. The van der Waals surface area contributed by atoms with Gasteiger partial charge in [0.25, 0.3) is 0 Å². The summed E-state index contributed by atoms with van der Waals surface area (Å²) in [5.41, 5.74) is 10.8. The highest BCUT2D eigenvalue weighted by Gasteiger charge is 2.31. The first-order valence-electron chi connectivity index (χ1n) is 9.40. The predicted octanol–water partition coefficient (Wildman–Crippen LogP) is -3.38. The van der Waals surface area contributed by atoms with Gasteiger partial charge in [0.15, 0.2) is 0 Å². The van der Waals surface area contributed by atoms with E-state index in [0.29, 0.717) is 19.4 Å². The summed E-state index contributed by atoms with van der Waals surface area (Å²) < 4.78 is 0. The fourth-order valence-corrected chi connectivity index (χ4v) is 2.36. The van der Waals surface area contributed by atoms with Gasteiger partial charge < -0.3 is 42.7 Å². The molecule has 0 aromatic rings. The van der Waals surface area contributed by atoms with E-state index in [1.807, 2.05) is 0 Å². The molecule has 3 amide bonds. The fraction of sp³-hybridized carbons (Fsp3) is 0.765. The SMILES string of the molecule is CC(C)C(NC(=O)C(N)CO)C(=O)NC(CO)C(=O)NC(CCCCN)C(=O)O. The number of carboxylic acids is 1. The second-order valence-corrected chi connectivity index (χ2v) is 6.95. The number of aliphatic hydroxyl groups excluding tert-OH is 2. The van der Waals surface area contributed by atoms with Gasteiger partial charge in [0.2, 0.25) is 17.7 Å². The molecule has 0 rings (SSSR count). The Morgan fingerprint density at radius 1 is 0.862 bits per heavy atom. The van der Waals surface area contributed by atoms with E-state index >= 15 is 0 Å². The van der Waals surface area contributed by atoms with Crippen molar-refractivity contribution in [1.82, 2.24) is 16.0 Å². The van der Waals surface area contributed by atoms with Crippen molar-refractivity contribution in [2.45, 2.75) is 57.3 Å². The molecule has 0 aliphatic heterocycles. The van der Waals surface area contributed by atoms with Gasteiger partial charge in [0.05, 0.1) is 13.2 Å². The molecule has 12 nitrogen and oxygen atoms in total. The zero-order valence-corrected chi connectivity index (χ0v) is 16.8. The maximum Gasteiger partial charge on any atom is 0.326 e. The van der Waals surface area contributed by atoms with Crippen LogP contribution in [0.1, 0.15) is 33.1 Å². The van der Waals surface area contributed by atoms with Gasteiger partial charge in [-0.3, -0.25) is 14.4 Å². The summed E-state index contributed by atoms with van der Waals surface area (Å²) in [5.74, 6) is -4.03. The number of aliphatic hydroxyl groups is 2. The Bertz CT molecular complexity index is 558. The molecule has 12 heteroatoms. The van der Waals surface area contributed by atoms with Crippen LogP contribution in [-0.2, 0) is 19.2 Å². The Balaban J connectivity index is 5.05. The summed E-state index contributed by atoms with van der Waals surface area (Å²) in [5, 5.41) is 34.5. The molecule has 4 atom stereocenters. The molecule has 0 aliphatic carbocycles. The average Bonchev–Trinajstić information content (AvgIpc) is 2.67. The Hall–Kier alpha value is -2.28. The number of nitrogens with two attached hydrogens (primary N) is 2. The predicted molar refractivity (Wildman–Crippen MR) is 103 cm³/mol. The van der Waals surface area contributed by atoms with Crippen LogP contribution < -0.4 is 27.4 Å². The van der Waals surface area contributed by atoms with Crippen LogP contribution in [0, 0.1) is 5.92 Å². The highest BCUT2D eigenvalue weighted by Crippen LogP contribution is 2.04. The first-order valence-corrected chi connectivity index (χ1v) is 9.40. The van der Waals surface area contributed by atoms with E-state index < -0.39 is 67.0 Å². The van der Waals surface area contributed by atoms with Crippen LogP contribution in [0.4, 0.5) is 0 Å². The molecule has 4 unspecified atom stereocenters. The van der Waals surface area contributed by atoms with E-state index in [1.54, 1.807) is 13.8 Å². The lowest BCUT2D eigenvalue weighted by atomic mass is 10.0. The van der Waals surface area contributed by atoms with Gasteiger partial charge >= 0.3 is 5.97 Å². The third kappa shape index (κ3) is 9.65. The van der Waals surface area contributed by atoms with Crippen LogP contribution >= 0.6 is 0 Å². The average molecular weight is 419 g/mol. The van der Waals surface area contributed by atoms with Crippen molar-refractivity contribution in [3.05, 3.63) is 0 Å². The molecule has 0 aliphatic rings. The third-order valence-electron chi connectivity index (χ3n) is 4.16. The standard InChI is InChI=1S/C17H33N5O7/c1-9(2)13(22-14(25)10(19)7-23)16(27)21-12(8-24)15(26)20-11(17(28)29)5-3-4-6-18/h9-13,23-24H,3-8,18-19H2,1-2H3,(H,20,26)(H,21,27)(H,22,25)(H,28,29). The van der Waals surface area contributed by atoms with Crippen molar-refractivity contribution >= 4 is 23.7 Å². The van der Waals surface area contributed by atoms with Crippen molar-refractivity contribution in [2.75, 3.05) is 19.8 Å². The van der Waals surface area contributed by atoms with Gasteiger partial charge in [-0.1, -0.05) is 13.8 Å². The smallest absolute Gasteiger partial charge is 0.326 e. The lowest BCUT2D eigenvalue weighted by Crippen LogP contribution is -2.59. The molecule has 0 spiro atoms. The maximum absolute atomic E-state index is 12.5. The number of hydrogen-bond donors (Lipinski definition) is 8. The van der Waals surface area contributed by atoms with Crippen molar-refractivity contribution in [1.29, 1.82) is 0 Å². The van der Waals surface area contributed by atoms with Crippen LogP contribution in [0.15, 0.2) is 0 Å². The Morgan fingerprint density at radius 3 is 1.90 bits per heavy atom. The van der Waals surface area contributed by atoms with E-state index in [9.17, 15) is 29.4 Å². The van der Waals surface area contributed by atoms with Crippen LogP contribution in [-0.4, -0.2) is 82.9 Å². The minimum atomic E-state index is -1.41. The minimum absolute atomic E-state index is 0.147. The van der Waals surface area contributed by atoms with E-state index in [2.05, 4.69) is 16.0 Å². The van der Waals surface area contributed by atoms with Crippen LogP contribution in [0.5, 0.6) is 0 Å². The highest BCUT2D eigenvalue weighted by atomic mass is 16.4. The van der Waals surface area contributed by atoms with Gasteiger partial charge in [0, 0.05) is 0 Å². The summed E-state index contributed by atoms with van der Waals surface area (Å²) >= 11 is 0. The first kappa shape index (κ1) is 26.7. The normalized spacial score (nSPS) is 15.1. The molecular weight excluding hydrogens is 386 g/mol. The third-order valence-corrected chi connectivity index (χ3v) is 4.16. The number of unbranched alkanes of at least 4 members (excludes halogenated alkanes) is 1. The van der Waals surface area contributed by atoms with Gasteiger partial charge in [-0.25, -0.2) is 4.79 Å². The summed E-state index contributed by atoms with van der Waals surface area (Å²) in [6.07, 6.45) is 1.22. The quantitative estimate of drug-likeness (QED) is 0.131. The largest absolute Gasteiger partial charge is 0.480 e.